The fraction of sp³-hybridized carbons (Fsp3) is 0.333. The second-order valence-electron chi connectivity index (χ2n) is 5.07. The number of benzene rings is 1. The van der Waals surface area contributed by atoms with E-state index in [0.29, 0.717) is 5.54 Å². The Morgan fingerprint density at radius 3 is 2.38 bits per heavy atom. The van der Waals surface area contributed by atoms with E-state index < -0.39 is 8.07 Å². The predicted molar refractivity (Wildman–Crippen MR) is 74.8 cm³/mol. The maximum absolute atomic E-state index is 2.47. The third-order valence-electron chi connectivity index (χ3n) is 3.67. The summed E-state index contributed by atoms with van der Waals surface area (Å²) in [7, 11) is -1.37. The molecular formula is C15H20Si. The largest absolute Gasteiger partial charge is 0.0911 e. The van der Waals surface area contributed by atoms with Crippen LogP contribution in [0.4, 0.5) is 0 Å². The molecule has 0 bridgehead atoms. The molecule has 0 spiro atoms. The van der Waals surface area contributed by atoms with E-state index >= 15 is 0 Å². The fourth-order valence-corrected chi connectivity index (χ4v) is 4.96. The number of hydrogen-bond acceptors (Lipinski definition) is 0. The molecule has 84 valence electrons. The van der Waals surface area contributed by atoms with Crippen molar-refractivity contribution in [3.63, 3.8) is 0 Å². The molecule has 0 nitrogen and oxygen atoms in total. The van der Waals surface area contributed by atoms with Crippen molar-refractivity contribution in [3.8, 4) is 0 Å². The van der Waals surface area contributed by atoms with Gasteiger partial charge < -0.3 is 0 Å². The molecule has 1 atom stereocenters. The Hall–Kier alpha value is -1.08. The normalized spacial score (nSPS) is 19.9. The van der Waals surface area contributed by atoms with E-state index in [4.69, 9.17) is 0 Å². The van der Waals surface area contributed by atoms with Crippen LogP contribution in [0.1, 0.15) is 13.3 Å². The van der Waals surface area contributed by atoms with Gasteiger partial charge in [-0.15, -0.1) is 0 Å². The molecule has 0 fully saturated rings. The maximum atomic E-state index is 2.47. The second kappa shape index (κ2) is 4.42. The lowest BCUT2D eigenvalue weighted by Gasteiger charge is -2.27. The van der Waals surface area contributed by atoms with Crippen LogP contribution < -0.4 is 5.19 Å². The molecular weight excluding hydrogens is 208 g/mol. The van der Waals surface area contributed by atoms with Gasteiger partial charge in [-0.05, 0) is 12.0 Å². The third kappa shape index (κ3) is 2.05. The van der Waals surface area contributed by atoms with Gasteiger partial charge in [-0.2, -0.15) is 0 Å². The zero-order valence-corrected chi connectivity index (χ0v) is 11.4. The highest BCUT2D eigenvalue weighted by Crippen LogP contribution is 2.32. The summed E-state index contributed by atoms with van der Waals surface area (Å²) in [5, 5.41) is 1.55. The van der Waals surface area contributed by atoms with Gasteiger partial charge in [0.25, 0.3) is 0 Å². The average molecular weight is 228 g/mol. The van der Waals surface area contributed by atoms with Crippen LogP contribution in [0.5, 0.6) is 0 Å². The molecule has 16 heavy (non-hydrogen) atoms. The van der Waals surface area contributed by atoms with E-state index in [1.54, 1.807) is 5.19 Å². The summed E-state index contributed by atoms with van der Waals surface area (Å²) in [5.41, 5.74) is 2.17. The molecule has 0 N–H and O–H groups in total. The first-order chi connectivity index (χ1) is 7.64. The molecule has 1 aliphatic rings. The molecule has 0 heterocycles. The SMILES string of the molecule is CCC1=CC([Si](C)(C)c2ccccc2)C=C1. The van der Waals surface area contributed by atoms with E-state index in [2.05, 4.69) is 68.6 Å². The maximum Gasteiger partial charge on any atom is 0.0911 e. The van der Waals surface area contributed by atoms with Crippen molar-refractivity contribution in [2.45, 2.75) is 32.0 Å². The van der Waals surface area contributed by atoms with Crippen LogP contribution in [0.25, 0.3) is 0 Å². The Labute approximate surface area is 99.7 Å². The molecule has 1 aromatic rings. The summed E-state index contributed by atoms with van der Waals surface area (Å²) in [5.74, 6) is 0. The van der Waals surface area contributed by atoms with Crippen molar-refractivity contribution in [1.29, 1.82) is 0 Å². The van der Waals surface area contributed by atoms with Crippen molar-refractivity contribution in [1.82, 2.24) is 0 Å². The van der Waals surface area contributed by atoms with Crippen LogP contribution in [0.15, 0.2) is 54.1 Å². The Kier molecular flexibility index (Phi) is 3.15. The lowest BCUT2D eigenvalue weighted by molar-refractivity contribution is 1.15. The smallest absolute Gasteiger partial charge is 0.0797 e. The Morgan fingerprint density at radius 1 is 1.12 bits per heavy atom. The zero-order chi connectivity index (χ0) is 11.6. The summed E-state index contributed by atoms with van der Waals surface area (Å²) >= 11 is 0. The lowest BCUT2D eigenvalue weighted by atomic mass is 10.2. The third-order valence-corrected chi connectivity index (χ3v) is 7.52. The van der Waals surface area contributed by atoms with E-state index in [1.807, 2.05) is 0 Å². The number of allylic oxidation sites excluding steroid dienone is 4. The van der Waals surface area contributed by atoms with Crippen LogP contribution in [-0.2, 0) is 0 Å². The Bertz CT molecular complexity index is 412. The lowest BCUT2D eigenvalue weighted by Crippen LogP contribution is -2.44. The van der Waals surface area contributed by atoms with Gasteiger partial charge in [0.1, 0.15) is 0 Å². The minimum atomic E-state index is -1.37. The van der Waals surface area contributed by atoms with Gasteiger partial charge in [0.15, 0.2) is 0 Å². The van der Waals surface area contributed by atoms with Crippen LogP contribution in [0, 0.1) is 0 Å². The molecule has 0 radical (unpaired) electrons. The van der Waals surface area contributed by atoms with E-state index in [1.165, 1.54) is 5.57 Å². The van der Waals surface area contributed by atoms with E-state index in [-0.39, 0.29) is 0 Å². The van der Waals surface area contributed by atoms with Gasteiger partial charge >= 0.3 is 0 Å². The van der Waals surface area contributed by atoms with Crippen LogP contribution >= 0.6 is 0 Å². The molecule has 0 amide bonds. The van der Waals surface area contributed by atoms with Crippen molar-refractivity contribution in [3.05, 3.63) is 54.1 Å². The Balaban J connectivity index is 2.28. The highest BCUT2D eigenvalue weighted by Gasteiger charge is 2.31. The minimum absolute atomic E-state index is 0.671. The highest BCUT2D eigenvalue weighted by atomic mass is 28.3. The summed E-state index contributed by atoms with van der Waals surface area (Å²) < 4.78 is 0. The molecule has 0 saturated heterocycles. The van der Waals surface area contributed by atoms with Crippen molar-refractivity contribution < 1.29 is 0 Å². The van der Waals surface area contributed by atoms with Crippen molar-refractivity contribution >= 4 is 13.3 Å². The van der Waals surface area contributed by atoms with Crippen LogP contribution in [0.3, 0.4) is 0 Å². The first-order valence-corrected chi connectivity index (χ1v) is 9.16. The fourth-order valence-electron chi connectivity index (χ4n) is 2.31. The average Bonchev–Trinajstić information content (AvgIpc) is 2.79. The van der Waals surface area contributed by atoms with Gasteiger partial charge in [-0.25, -0.2) is 0 Å². The van der Waals surface area contributed by atoms with Crippen LogP contribution in [-0.4, -0.2) is 8.07 Å². The van der Waals surface area contributed by atoms with Gasteiger partial charge in [-0.1, -0.05) is 79.3 Å². The predicted octanol–water partition coefficient (Wildman–Crippen LogP) is 3.88. The highest BCUT2D eigenvalue weighted by molar-refractivity contribution is 6.91. The molecule has 1 aliphatic carbocycles. The summed E-state index contributed by atoms with van der Waals surface area (Å²) in [6, 6.07) is 11.0. The monoisotopic (exact) mass is 228 g/mol. The van der Waals surface area contributed by atoms with Gasteiger partial charge in [-0.3, -0.25) is 0 Å². The molecule has 0 saturated carbocycles. The van der Waals surface area contributed by atoms with Gasteiger partial charge in [0, 0.05) is 0 Å². The molecule has 1 aromatic carbocycles. The second-order valence-corrected chi connectivity index (χ2v) is 9.76. The van der Waals surface area contributed by atoms with Crippen molar-refractivity contribution in [2.24, 2.45) is 0 Å². The molecule has 0 aromatic heterocycles. The van der Waals surface area contributed by atoms with Crippen molar-refractivity contribution in [2.75, 3.05) is 0 Å². The standard InChI is InChI=1S/C15H20Si/c1-4-13-10-11-15(12-13)16(2,3)14-8-6-5-7-9-14/h5-12,15H,4H2,1-3H3. The topological polar surface area (TPSA) is 0 Å². The molecule has 1 heteroatoms. The summed E-state index contributed by atoms with van der Waals surface area (Å²) in [4.78, 5) is 0. The first-order valence-electron chi connectivity index (χ1n) is 6.09. The van der Waals surface area contributed by atoms with Gasteiger partial charge in [0.05, 0.1) is 8.07 Å². The van der Waals surface area contributed by atoms with E-state index in [9.17, 15) is 0 Å². The number of rotatable bonds is 3. The zero-order valence-electron chi connectivity index (χ0n) is 10.4. The molecule has 1 unspecified atom stereocenters. The summed E-state index contributed by atoms with van der Waals surface area (Å²) in [6.45, 7) is 7.16. The quantitative estimate of drug-likeness (QED) is 0.689. The van der Waals surface area contributed by atoms with Crippen LogP contribution in [0.2, 0.25) is 18.6 Å². The Morgan fingerprint density at radius 2 is 1.81 bits per heavy atom. The molecule has 2 rings (SSSR count). The first kappa shape index (κ1) is 11.4. The number of hydrogen-bond donors (Lipinski definition) is 0. The van der Waals surface area contributed by atoms with Gasteiger partial charge in [0.2, 0.25) is 0 Å². The van der Waals surface area contributed by atoms with E-state index in [0.717, 1.165) is 6.42 Å². The summed E-state index contributed by atoms with van der Waals surface area (Å²) in [6.07, 6.45) is 8.34. The minimum Gasteiger partial charge on any atom is -0.0797 e. The molecule has 0 aliphatic heterocycles.